The van der Waals surface area contributed by atoms with E-state index in [1.165, 1.54) is 0 Å². The maximum atomic E-state index is 13.0. The number of methoxy groups -OCH3 is 1. The van der Waals surface area contributed by atoms with Crippen molar-refractivity contribution < 1.29 is 14.3 Å². The number of esters is 1. The number of anilines is 4. The quantitative estimate of drug-likeness (QED) is 0.188. The van der Waals surface area contributed by atoms with Crippen LogP contribution in [0, 0.1) is 0 Å². The number of pyridine rings is 1. The molecule has 4 aromatic rings. The number of nitrogens with zero attached hydrogens (tertiary/aromatic N) is 2. The fourth-order valence-electron chi connectivity index (χ4n) is 5.80. The molecule has 0 aliphatic carbocycles. The summed E-state index contributed by atoms with van der Waals surface area (Å²) in [6, 6.07) is 15.2. The van der Waals surface area contributed by atoms with Crippen LogP contribution in [0.1, 0.15) is 51.8 Å². The van der Waals surface area contributed by atoms with Crippen molar-refractivity contribution in [1.29, 1.82) is 0 Å². The molecule has 2 unspecified atom stereocenters. The lowest BCUT2D eigenvalue weighted by Gasteiger charge is -2.32. The lowest BCUT2D eigenvalue weighted by atomic mass is 10.0. The van der Waals surface area contributed by atoms with Crippen molar-refractivity contribution in [3.63, 3.8) is 0 Å². The molecule has 2 heterocycles. The van der Waals surface area contributed by atoms with Gasteiger partial charge < -0.3 is 25.0 Å². The number of fused-ring (bicyclic) bond motifs is 1. The van der Waals surface area contributed by atoms with Crippen molar-refractivity contribution in [2.75, 3.05) is 29.3 Å². The first kappa shape index (κ1) is 29.1. The number of aryl methyl sites for hydroxylation is 1. The third-order valence-electron chi connectivity index (χ3n) is 8.10. The Morgan fingerprint density at radius 1 is 1.02 bits per heavy atom. The summed E-state index contributed by atoms with van der Waals surface area (Å²) < 4.78 is 10.7. The van der Waals surface area contributed by atoms with E-state index in [1.54, 1.807) is 14.0 Å². The van der Waals surface area contributed by atoms with Crippen LogP contribution in [0.2, 0.25) is 0 Å². The summed E-state index contributed by atoms with van der Waals surface area (Å²) in [7, 11) is 1.65. The molecule has 1 aliphatic heterocycles. The van der Waals surface area contributed by atoms with Gasteiger partial charge in [-0.05, 0) is 87.4 Å². The van der Waals surface area contributed by atoms with Crippen molar-refractivity contribution in [3.8, 4) is 5.75 Å². The van der Waals surface area contributed by atoms with E-state index in [0.29, 0.717) is 5.69 Å². The van der Waals surface area contributed by atoms with E-state index in [1.807, 2.05) is 47.4 Å². The Morgan fingerprint density at radius 3 is 2.38 bits per heavy atom. The summed E-state index contributed by atoms with van der Waals surface area (Å²) in [5.74, 6) is 1.07. The molecule has 42 heavy (non-hydrogen) atoms. The number of hydrogen-bond acceptors (Lipinski definition) is 9. The van der Waals surface area contributed by atoms with E-state index >= 15 is 0 Å². The molecule has 1 aromatic heterocycles. The van der Waals surface area contributed by atoms with Gasteiger partial charge in [-0.25, -0.2) is 9.78 Å². The molecular formula is C33H38N4O5. The van der Waals surface area contributed by atoms with Gasteiger partial charge in [0, 0.05) is 35.3 Å². The highest BCUT2D eigenvalue weighted by Gasteiger charge is 2.37. The second-order valence-corrected chi connectivity index (χ2v) is 10.9. The molecule has 1 fully saturated rings. The topological polar surface area (TPSA) is 110 Å². The Hall–Kier alpha value is -4.40. The van der Waals surface area contributed by atoms with Gasteiger partial charge >= 0.3 is 5.97 Å². The molecule has 0 saturated carbocycles. The van der Waals surface area contributed by atoms with Crippen LogP contribution in [0.15, 0.2) is 58.1 Å². The lowest BCUT2D eigenvalue weighted by molar-refractivity contribution is -0.144. The molecule has 1 aliphatic rings. The molecule has 5 rings (SSSR count). The minimum Gasteiger partial charge on any atom is -0.497 e. The van der Waals surface area contributed by atoms with E-state index < -0.39 is 22.9 Å². The Balaban J connectivity index is 1.37. The molecular weight excluding hydrogens is 532 g/mol. The van der Waals surface area contributed by atoms with Gasteiger partial charge in [0.15, 0.2) is 0 Å². The zero-order valence-corrected chi connectivity index (χ0v) is 24.8. The fourth-order valence-corrected chi connectivity index (χ4v) is 5.80. The Kier molecular flexibility index (Phi) is 8.47. The van der Waals surface area contributed by atoms with Crippen LogP contribution >= 0.6 is 0 Å². The SMILES string of the molecule is CCOC(=O)C(Cc1ccc(Nc2nc(CC)cc3cc(OC)ccc23)cc1)Nc1c(N2C(C)CC[C@@H]2C)c(=O)c1=O. The van der Waals surface area contributed by atoms with E-state index in [2.05, 4.69) is 37.5 Å². The average Bonchev–Trinajstić information content (AvgIpc) is 3.33. The standard InChI is InChI=1S/C33H38N4O5/c1-6-23-17-22-18-25(41-5)14-15-26(22)32(34-23)35-24-12-10-21(11-13-24)16-27(33(40)42-7-2)36-28-29(31(39)30(28)38)37-19(3)8-9-20(37)4/h10-15,17-20,27,36H,6-9,16H2,1-5H3,(H,34,35)/t19-,20?,27?/m0/s1. The third kappa shape index (κ3) is 5.68. The van der Waals surface area contributed by atoms with E-state index in [-0.39, 0.29) is 30.8 Å². The van der Waals surface area contributed by atoms with Gasteiger partial charge in [-0.2, -0.15) is 0 Å². The average molecular weight is 571 g/mol. The van der Waals surface area contributed by atoms with Crippen LogP contribution in [0.3, 0.4) is 0 Å². The van der Waals surface area contributed by atoms with Crippen LogP contribution in [-0.4, -0.2) is 42.8 Å². The highest BCUT2D eigenvalue weighted by molar-refractivity contribution is 5.94. The number of nitrogens with one attached hydrogen (secondary N) is 2. The number of rotatable bonds is 11. The summed E-state index contributed by atoms with van der Waals surface area (Å²) in [5.41, 5.74) is 2.20. The molecule has 0 bridgehead atoms. The van der Waals surface area contributed by atoms with Gasteiger partial charge in [-0.15, -0.1) is 0 Å². The maximum Gasteiger partial charge on any atom is 0.328 e. The summed E-state index contributed by atoms with van der Waals surface area (Å²) in [4.78, 5) is 45.0. The van der Waals surface area contributed by atoms with Crippen LogP contribution in [0.4, 0.5) is 22.9 Å². The molecule has 2 N–H and O–H groups in total. The first-order chi connectivity index (χ1) is 20.2. The minimum atomic E-state index is -0.819. The van der Waals surface area contributed by atoms with Gasteiger partial charge in [-0.1, -0.05) is 19.1 Å². The molecule has 3 aromatic carbocycles. The second kappa shape index (κ2) is 12.2. The Bertz CT molecular complexity index is 1640. The number of benzene rings is 2. The minimum absolute atomic E-state index is 0.150. The lowest BCUT2D eigenvalue weighted by Crippen LogP contribution is -2.48. The molecule has 0 spiro atoms. The van der Waals surface area contributed by atoms with Gasteiger partial charge in [-0.3, -0.25) is 9.59 Å². The van der Waals surface area contributed by atoms with Gasteiger partial charge in [0.25, 0.3) is 10.9 Å². The number of carbonyl (C=O) groups is 1. The number of carbonyl (C=O) groups excluding carboxylic acids is 1. The molecule has 9 nitrogen and oxygen atoms in total. The molecule has 0 radical (unpaired) electrons. The van der Waals surface area contributed by atoms with Crippen LogP contribution in [-0.2, 0) is 22.4 Å². The normalized spacial score (nSPS) is 17.4. The number of aromatic nitrogens is 1. The van der Waals surface area contributed by atoms with E-state index in [4.69, 9.17) is 14.5 Å². The van der Waals surface area contributed by atoms with Crippen molar-refractivity contribution in [3.05, 3.63) is 80.2 Å². The molecule has 1 saturated heterocycles. The van der Waals surface area contributed by atoms with Gasteiger partial charge in [0.05, 0.1) is 13.7 Å². The third-order valence-corrected chi connectivity index (χ3v) is 8.10. The number of ether oxygens (including phenoxy) is 2. The Labute approximate surface area is 245 Å². The zero-order valence-electron chi connectivity index (χ0n) is 24.8. The first-order valence-electron chi connectivity index (χ1n) is 14.6. The van der Waals surface area contributed by atoms with Gasteiger partial charge in [0.2, 0.25) is 0 Å². The maximum absolute atomic E-state index is 13.0. The molecule has 3 atom stereocenters. The second-order valence-electron chi connectivity index (χ2n) is 10.9. The molecule has 9 heteroatoms. The van der Waals surface area contributed by atoms with Crippen LogP contribution < -0.4 is 31.1 Å². The fraction of sp³-hybridized carbons (Fsp3) is 0.394. The van der Waals surface area contributed by atoms with Crippen molar-refractivity contribution in [2.24, 2.45) is 0 Å². The Morgan fingerprint density at radius 2 is 1.74 bits per heavy atom. The molecule has 0 amide bonds. The van der Waals surface area contributed by atoms with Crippen molar-refractivity contribution in [2.45, 2.75) is 71.5 Å². The first-order valence-corrected chi connectivity index (χ1v) is 14.6. The highest BCUT2D eigenvalue weighted by atomic mass is 16.5. The summed E-state index contributed by atoms with van der Waals surface area (Å²) >= 11 is 0. The predicted molar refractivity (Wildman–Crippen MR) is 167 cm³/mol. The highest BCUT2D eigenvalue weighted by Crippen LogP contribution is 2.33. The predicted octanol–water partition coefficient (Wildman–Crippen LogP) is 5.11. The van der Waals surface area contributed by atoms with Crippen molar-refractivity contribution >= 4 is 39.6 Å². The molecule has 220 valence electrons. The van der Waals surface area contributed by atoms with Crippen LogP contribution in [0.25, 0.3) is 10.8 Å². The van der Waals surface area contributed by atoms with E-state index in [9.17, 15) is 14.4 Å². The smallest absolute Gasteiger partial charge is 0.328 e. The van der Waals surface area contributed by atoms with Crippen molar-refractivity contribution in [1.82, 2.24) is 4.98 Å². The largest absolute Gasteiger partial charge is 0.497 e. The summed E-state index contributed by atoms with van der Waals surface area (Å²) in [6.45, 7) is 8.13. The monoisotopic (exact) mass is 570 g/mol. The summed E-state index contributed by atoms with van der Waals surface area (Å²) in [6.07, 6.45) is 2.98. The summed E-state index contributed by atoms with van der Waals surface area (Å²) in [5, 5.41) is 8.54. The van der Waals surface area contributed by atoms with E-state index in [0.717, 1.165) is 58.5 Å². The number of hydrogen-bond donors (Lipinski definition) is 2. The van der Waals surface area contributed by atoms with Crippen LogP contribution in [0.5, 0.6) is 5.75 Å². The van der Waals surface area contributed by atoms with Gasteiger partial charge in [0.1, 0.15) is 29.0 Å². The zero-order chi connectivity index (χ0) is 30.0.